The molecule has 3 nitrogen and oxygen atoms in total. The number of hydrogen-bond donors (Lipinski definition) is 0. The van der Waals surface area contributed by atoms with Crippen LogP contribution in [0.25, 0.3) is 0 Å². The molecule has 0 aliphatic carbocycles. The van der Waals surface area contributed by atoms with Crippen LogP contribution in [0.15, 0.2) is 10.8 Å². The summed E-state index contributed by atoms with van der Waals surface area (Å²) in [5.74, 6) is 0. The van der Waals surface area contributed by atoms with E-state index in [-0.39, 0.29) is 0 Å². The van der Waals surface area contributed by atoms with E-state index in [0.29, 0.717) is 0 Å². The van der Waals surface area contributed by atoms with Crippen LogP contribution in [-0.2, 0) is 18.3 Å². The van der Waals surface area contributed by atoms with E-state index in [4.69, 9.17) is 0 Å². The SMILES string of the molecule is [Zn][c]1conn1. The average molecular weight is 134 g/mol. The van der Waals surface area contributed by atoms with Crippen LogP contribution in [0.2, 0.25) is 0 Å². The Morgan fingerprint density at radius 1 is 1.83 bits per heavy atom. The molecule has 27 valence electrons. The zero-order chi connectivity index (χ0) is 4.41. The van der Waals surface area contributed by atoms with Crippen molar-refractivity contribution in [2.75, 3.05) is 0 Å². The molecule has 0 aromatic carbocycles. The van der Waals surface area contributed by atoms with Gasteiger partial charge in [0.15, 0.2) is 0 Å². The molecule has 0 unspecified atom stereocenters. The van der Waals surface area contributed by atoms with E-state index >= 15 is 0 Å². The van der Waals surface area contributed by atoms with E-state index in [1.54, 1.807) is 6.26 Å². The first-order chi connectivity index (χ1) is 2.89. The summed E-state index contributed by atoms with van der Waals surface area (Å²) in [5, 5.41) is 6.78. The van der Waals surface area contributed by atoms with Gasteiger partial charge in [0, 0.05) is 0 Å². The molecule has 1 rings (SSSR count). The zero-order valence-electron chi connectivity index (χ0n) is 3.09. The van der Waals surface area contributed by atoms with Gasteiger partial charge in [-0.1, -0.05) is 0 Å². The molecule has 0 atom stereocenters. The van der Waals surface area contributed by atoms with E-state index in [1.165, 1.54) is 0 Å². The molecule has 0 saturated heterocycles. The van der Waals surface area contributed by atoms with Crippen LogP contribution in [0.5, 0.6) is 0 Å². The van der Waals surface area contributed by atoms with Gasteiger partial charge >= 0.3 is 43.7 Å². The minimum atomic E-state index is 0.940. The number of rotatable bonds is 0. The van der Waals surface area contributed by atoms with E-state index < -0.39 is 0 Å². The third-order valence-electron chi connectivity index (χ3n) is 0.405. The van der Waals surface area contributed by atoms with E-state index in [0.717, 1.165) is 22.6 Å². The van der Waals surface area contributed by atoms with Crippen LogP contribution in [-0.4, -0.2) is 10.4 Å². The summed E-state index contributed by atoms with van der Waals surface area (Å²) in [7, 11) is 0. The van der Waals surface area contributed by atoms with E-state index in [9.17, 15) is 0 Å². The molecular formula is C2HN2OZn. The normalized spacial score (nSPS) is 9.00. The molecule has 1 aromatic heterocycles. The van der Waals surface area contributed by atoms with Gasteiger partial charge in [-0.25, -0.2) is 0 Å². The predicted molar refractivity (Wildman–Crippen MR) is 13.9 cm³/mol. The van der Waals surface area contributed by atoms with Crippen molar-refractivity contribution in [2.45, 2.75) is 0 Å². The van der Waals surface area contributed by atoms with Crippen LogP contribution in [0.1, 0.15) is 0 Å². The van der Waals surface area contributed by atoms with Gasteiger partial charge in [0.1, 0.15) is 0 Å². The molecule has 1 heterocycles. The Hall–Kier alpha value is -0.237. The number of hydrogen-bond acceptors (Lipinski definition) is 3. The van der Waals surface area contributed by atoms with Crippen LogP contribution in [0.3, 0.4) is 0 Å². The molecule has 0 bridgehead atoms. The maximum absolute atomic E-state index is 4.38. The monoisotopic (exact) mass is 133 g/mol. The molecule has 0 fully saturated rings. The quantitative estimate of drug-likeness (QED) is 0.438. The Morgan fingerprint density at radius 3 is 2.83 bits per heavy atom. The first-order valence-corrected chi connectivity index (χ1v) is 2.97. The van der Waals surface area contributed by atoms with Gasteiger partial charge in [0.2, 0.25) is 0 Å². The Balaban J connectivity index is 3.05. The molecule has 0 saturated carbocycles. The van der Waals surface area contributed by atoms with Gasteiger partial charge in [-0.2, -0.15) is 0 Å². The first kappa shape index (κ1) is 3.94. The van der Waals surface area contributed by atoms with Crippen molar-refractivity contribution in [1.29, 1.82) is 0 Å². The van der Waals surface area contributed by atoms with Crippen molar-refractivity contribution >= 4 is 4.29 Å². The predicted octanol–water partition coefficient (Wildman–Crippen LogP) is -0.758. The van der Waals surface area contributed by atoms with Gasteiger partial charge in [0.25, 0.3) is 0 Å². The van der Waals surface area contributed by atoms with Crippen LogP contribution in [0, 0.1) is 0 Å². The summed E-state index contributed by atoms with van der Waals surface area (Å²) in [6, 6.07) is 0. The maximum atomic E-state index is 4.38. The summed E-state index contributed by atoms with van der Waals surface area (Å²) in [6.45, 7) is 0. The van der Waals surface area contributed by atoms with Crippen molar-refractivity contribution in [3.63, 3.8) is 0 Å². The Morgan fingerprint density at radius 2 is 2.67 bits per heavy atom. The molecule has 0 spiro atoms. The third kappa shape index (κ3) is 0.628. The van der Waals surface area contributed by atoms with Crippen LogP contribution < -0.4 is 4.29 Å². The molecule has 0 N–H and O–H groups in total. The zero-order valence-corrected chi connectivity index (χ0v) is 6.05. The summed E-state index contributed by atoms with van der Waals surface area (Å²) in [5.41, 5.74) is 0. The Bertz CT molecular complexity index is 115. The molecule has 1 aromatic rings. The summed E-state index contributed by atoms with van der Waals surface area (Å²) >= 11 is 1.02. The number of aromatic nitrogens is 2. The average Bonchev–Trinajstić information content (AvgIpc) is 1.86. The van der Waals surface area contributed by atoms with Gasteiger partial charge in [-0.05, 0) is 0 Å². The fraction of sp³-hybridized carbons (Fsp3) is 0. The molecule has 0 amide bonds. The molecule has 6 heavy (non-hydrogen) atoms. The second-order valence-corrected chi connectivity index (χ2v) is 2.42. The van der Waals surface area contributed by atoms with E-state index in [2.05, 4.69) is 14.9 Å². The second-order valence-electron chi connectivity index (χ2n) is 0.896. The number of nitrogens with zero attached hydrogens (tertiary/aromatic N) is 2. The summed E-state index contributed by atoms with van der Waals surface area (Å²) < 4.78 is 5.32. The molecule has 0 radical (unpaired) electrons. The van der Waals surface area contributed by atoms with Gasteiger partial charge in [0.05, 0.1) is 0 Å². The molecule has 0 aliphatic heterocycles. The Labute approximate surface area is 44.4 Å². The van der Waals surface area contributed by atoms with Gasteiger partial charge in [-0.3, -0.25) is 0 Å². The molecular weight excluding hydrogens is 133 g/mol. The topological polar surface area (TPSA) is 38.9 Å². The van der Waals surface area contributed by atoms with Crippen molar-refractivity contribution in [2.24, 2.45) is 0 Å². The van der Waals surface area contributed by atoms with Crippen LogP contribution in [0.4, 0.5) is 0 Å². The third-order valence-corrected chi connectivity index (χ3v) is 1.05. The molecule has 4 heteroatoms. The molecule has 0 aliphatic rings. The summed E-state index contributed by atoms with van der Waals surface area (Å²) in [6.07, 6.45) is 1.54. The first-order valence-electron chi connectivity index (χ1n) is 1.48. The van der Waals surface area contributed by atoms with Crippen molar-refractivity contribution in [1.82, 2.24) is 10.4 Å². The fourth-order valence-electron chi connectivity index (χ4n) is 0.184. The standard InChI is InChI=1S/C2HN2O.Zn/c1-2-5-4-3-1;/h2H;. The fourth-order valence-corrected chi connectivity index (χ4v) is 0.462. The van der Waals surface area contributed by atoms with E-state index in [1.807, 2.05) is 0 Å². The van der Waals surface area contributed by atoms with Crippen LogP contribution >= 0.6 is 0 Å². The Kier molecular flexibility index (Phi) is 0.968. The minimum absolute atomic E-state index is 0.940. The van der Waals surface area contributed by atoms with Gasteiger partial charge < -0.3 is 0 Å². The van der Waals surface area contributed by atoms with Crippen molar-refractivity contribution < 1.29 is 22.8 Å². The van der Waals surface area contributed by atoms with Crippen molar-refractivity contribution in [3.8, 4) is 0 Å². The summed E-state index contributed by atoms with van der Waals surface area (Å²) in [4.78, 5) is 0. The second kappa shape index (κ2) is 1.47. The van der Waals surface area contributed by atoms with Gasteiger partial charge in [-0.15, -0.1) is 0 Å². The van der Waals surface area contributed by atoms with Crippen molar-refractivity contribution in [3.05, 3.63) is 6.26 Å².